The summed E-state index contributed by atoms with van der Waals surface area (Å²) < 4.78 is 17.9. The maximum atomic E-state index is 12.1. The first kappa shape index (κ1) is 17.8. The maximum Gasteiger partial charge on any atom is 0.244 e. The summed E-state index contributed by atoms with van der Waals surface area (Å²) >= 11 is -1.06. The third kappa shape index (κ3) is 3.96. The van der Waals surface area contributed by atoms with E-state index in [1.54, 1.807) is 12.3 Å². The molecular weight excluding hydrogens is 336 g/mol. The highest BCUT2D eigenvalue weighted by molar-refractivity contribution is 7.91. The van der Waals surface area contributed by atoms with Gasteiger partial charge in [0, 0.05) is 29.1 Å². The van der Waals surface area contributed by atoms with Crippen LogP contribution in [-0.2, 0) is 21.4 Å². The first-order valence-corrected chi connectivity index (χ1v) is 9.68. The number of rotatable bonds is 7. The van der Waals surface area contributed by atoms with Crippen molar-refractivity contribution < 1.29 is 14.1 Å². The lowest BCUT2D eigenvalue weighted by atomic mass is 9.86. The molecule has 1 aliphatic rings. The molecule has 2 aromatic rings. The Balaban J connectivity index is 1.46. The molecule has 0 radical (unpaired) electrons. The molecule has 0 spiro atoms. The molecule has 0 fully saturated rings. The van der Waals surface area contributed by atoms with Gasteiger partial charge in [-0.1, -0.05) is 6.07 Å². The SMILES string of the molecule is CC1(C)C(=O)Nc2ccc(OCCCC[S+]([O-])c3ccccn3)cc21. The van der Waals surface area contributed by atoms with Gasteiger partial charge in [0.05, 0.1) is 12.0 Å². The van der Waals surface area contributed by atoms with Crippen LogP contribution in [0.5, 0.6) is 5.75 Å². The van der Waals surface area contributed by atoms with Gasteiger partial charge in [0.15, 0.2) is 0 Å². The molecule has 0 aliphatic carbocycles. The molecule has 1 aliphatic heterocycles. The van der Waals surface area contributed by atoms with Crippen molar-refractivity contribution in [2.75, 3.05) is 17.7 Å². The van der Waals surface area contributed by atoms with Gasteiger partial charge in [-0.2, -0.15) is 0 Å². The van der Waals surface area contributed by atoms with Gasteiger partial charge >= 0.3 is 0 Å². The first-order chi connectivity index (χ1) is 12.0. The average molecular weight is 358 g/mol. The standard InChI is InChI=1S/C19H22N2O3S/c1-19(2)15-13-14(8-9-16(15)21-18(19)22)24-11-5-6-12-25(23)17-7-3-4-10-20-17/h3-4,7-10,13H,5-6,11-12H2,1-2H3,(H,21,22). The molecule has 1 aromatic carbocycles. The minimum atomic E-state index is -1.06. The number of nitrogens with one attached hydrogen (secondary N) is 1. The van der Waals surface area contributed by atoms with Crippen molar-refractivity contribution in [2.45, 2.75) is 37.1 Å². The molecular formula is C19H22N2O3S. The number of carbonyl (C=O) groups is 1. The van der Waals surface area contributed by atoms with E-state index in [-0.39, 0.29) is 5.91 Å². The fourth-order valence-corrected chi connectivity index (χ4v) is 3.84. The van der Waals surface area contributed by atoms with Crippen molar-refractivity contribution in [3.63, 3.8) is 0 Å². The number of carbonyl (C=O) groups excluding carboxylic acids is 1. The first-order valence-electron chi connectivity index (χ1n) is 8.36. The number of aromatic nitrogens is 1. The molecule has 1 N–H and O–H groups in total. The molecule has 1 atom stereocenters. The normalized spacial score (nSPS) is 16.2. The zero-order valence-corrected chi connectivity index (χ0v) is 15.3. The van der Waals surface area contributed by atoms with Crippen LogP contribution < -0.4 is 10.1 Å². The Morgan fingerprint density at radius 2 is 2.08 bits per heavy atom. The molecule has 5 nitrogen and oxygen atoms in total. The van der Waals surface area contributed by atoms with Crippen LogP contribution in [0, 0.1) is 0 Å². The van der Waals surface area contributed by atoms with Gasteiger partial charge in [-0.3, -0.25) is 4.79 Å². The molecule has 0 saturated carbocycles. The minimum absolute atomic E-state index is 0.0108. The monoisotopic (exact) mass is 358 g/mol. The zero-order chi connectivity index (χ0) is 17.9. The fraction of sp³-hybridized carbons (Fsp3) is 0.368. The molecule has 0 saturated heterocycles. The molecule has 1 unspecified atom stereocenters. The smallest absolute Gasteiger partial charge is 0.244 e. The van der Waals surface area contributed by atoms with Crippen molar-refractivity contribution in [1.29, 1.82) is 0 Å². The second-order valence-corrected chi connectivity index (χ2v) is 8.08. The lowest BCUT2D eigenvalue weighted by Crippen LogP contribution is -2.26. The van der Waals surface area contributed by atoms with Gasteiger partial charge in [-0.15, -0.1) is 0 Å². The number of fused-ring (bicyclic) bond motifs is 1. The number of ether oxygens (including phenoxy) is 1. The summed E-state index contributed by atoms with van der Waals surface area (Å²) in [6.07, 6.45) is 3.28. The minimum Gasteiger partial charge on any atom is -0.610 e. The summed E-state index contributed by atoms with van der Waals surface area (Å²) in [7, 11) is 0. The molecule has 1 amide bonds. The average Bonchev–Trinajstić information content (AvgIpc) is 2.84. The second-order valence-electron chi connectivity index (χ2n) is 6.56. The predicted octanol–water partition coefficient (Wildman–Crippen LogP) is 3.28. The zero-order valence-electron chi connectivity index (χ0n) is 14.5. The van der Waals surface area contributed by atoms with Crippen molar-refractivity contribution in [2.24, 2.45) is 0 Å². The Bertz CT molecular complexity index is 750. The summed E-state index contributed by atoms with van der Waals surface area (Å²) in [5, 5.41) is 3.51. The topological polar surface area (TPSA) is 74.3 Å². The van der Waals surface area contributed by atoms with E-state index in [1.807, 2.05) is 44.2 Å². The molecule has 1 aromatic heterocycles. The van der Waals surface area contributed by atoms with Crippen molar-refractivity contribution >= 4 is 22.8 Å². The van der Waals surface area contributed by atoms with Gasteiger partial charge in [-0.05, 0) is 56.5 Å². The third-order valence-corrected chi connectivity index (χ3v) is 5.71. The highest BCUT2D eigenvalue weighted by Gasteiger charge is 2.38. The van der Waals surface area contributed by atoms with Gasteiger partial charge in [0.25, 0.3) is 0 Å². The van der Waals surface area contributed by atoms with Crippen LogP contribution in [0.3, 0.4) is 0 Å². The third-order valence-electron chi connectivity index (χ3n) is 4.34. The molecule has 2 heterocycles. The van der Waals surface area contributed by atoms with Crippen LogP contribution in [0.15, 0.2) is 47.6 Å². The van der Waals surface area contributed by atoms with Crippen LogP contribution in [0.4, 0.5) is 5.69 Å². The van der Waals surface area contributed by atoms with E-state index in [0.29, 0.717) is 17.4 Å². The van der Waals surface area contributed by atoms with E-state index in [0.717, 1.165) is 29.8 Å². The molecule has 25 heavy (non-hydrogen) atoms. The largest absolute Gasteiger partial charge is 0.610 e. The number of hydrogen-bond acceptors (Lipinski definition) is 4. The Labute approximate surface area is 151 Å². The highest BCUT2D eigenvalue weighted by Crippen LogP contribution is 2.39. The van der Waals surface area contributed by atoms with E-state index >= 15 is 0 Å². The maximum absolute atomic E-state index is 12.1. The molecule has 132 valence electrons. The van der Waals surface area contributed by atoms with Crippen LogP contribution in [0.25, 0.3) is 0 Å². The predicted molar refractivity (Wildman–Crippen MR) is 98.3 cm³/mol. The Hall–Kier alpha value is -2.05. The van der Waals surface area contributed by atoms with Crippen LogP contribution in [0.1, 0.15) is 32.3 Å². The Morgan fingerprint density at radius 1 is 1.24 bits per heavy atom. The van der Waals surface area contributed by atoms with Gasteiger partial charge in [0.1, 0.15) is 11.5 Å². The van der Waals surface area contributed by atoms with Gasteiger partial charge in [-0.25, -0.2) is 4.98 Å². The number of pyridine rings is 1. The lowest BCUT2D eigenvalue weighted by Gasteiger charge is -2.16. The summed E-state index contributed by atoms with van der Waals surface area (Å²) in [5.41, 5.74) is 1.29. The number of amides is 1. The highest BCUT2D eigenvalue weighted by atomic mass is 32.2. The lowest BCUT2D eigenvalue weighted by molar-refractivity contribution is -0.119. The number of unbranched alkanes of at least 4 members (excludes halogenated alkanes) is 1. The quantitative estimate of drug-likeness (QED) is 0.609. The van der Waals surface area contributed by atoms with E-state index in [9.17, 15) is 9.35 Å². The number of anilines is 1. The van der Waals surface area contributed by atoms with E-state index in [4.69, 9.17) is 4.74 Å². The Kier molecular flexibility index (Phi) is 5.30. The summed E-state index contributed by atoms with van der Waals surface area (Å²) in [5.74, 6) is 1.35. The summed E-state index contributed by atoms with van der Waals surface area (Å²) in [4.78, 5) is 16.1. The summed E-state index contributed by atoms with van der Waals surface area (Å²) in [6, 6.07) is 11.1. The number of benzene rings is 1. The van der Waals surface area contributed by atoms with Crippen LogP contribution in [-0.4, -0.2) is 27.8 Å². The van der Waals surface area contributed by atoms with Crippen molar-refractivity contribution in [1.82, 2.24) is 4.98 Å². The van der Waals surface area contributed by atoms with Crippen molar-refractivity contribution in [3.05, 3.63) is 48.2 Å². The Morgan fingerprint density at radius 3 is 2.84 bits per heavy atom. The summed E-state index contributed by atoms with van der Waals surface area (Å²) in [6.45, 7) is 4.37. The van der Waals surface area contributed by atoms with E-state index in [2.05, 4.69) is 10.3 Å². The van der Waals surface area contributed by atoms with E-state index in [1.165, 1.54) is 0 Å². The van der Waals surface area contributed by atoms with Crippen molar-refractivity contribution in [3.8, 4) is 5.75 Å². The van der Waals surface area contributed by atoms with Gasteiger partial charge in [0.2, 0.25) is 10.9 Å². The molecule has 0 bridgehead atoms. The number of hydrogen-bond donors (Lipinski definition) is 1. The van der Waals surface area contributed by atoms with Gasteiger partial charge < -0.3 is 14.6 Å². The van der Waals surface area contributed by atoms with E-state index < -0.39 is 16.6 Å². The molecule has 3 rings (SSSR count). The second kappa shape index (κ2) is 7.45. The number of nitrogens with zero attached hydrogens (tertiary/aromatic N) is 1. The molecule has 6 heteroatoms. The van der Waals surface area contributed by atoms with Crippen LogP contribution >= 0.6 is 0 Å². The fourth-order valence-electron chi connectivity index (χ4n) is 2.75. The van der Waals surface area contributed by atoms with Crippen LogP contribution in [0.2, 0.25) is 0 Å².